The van der Waals surface area contributed by atoms with Gasteiger partial charge in [-0.25, -0.2) is 4.98 Å². The summed E-state index contributed by atoms with van der Waals surface area (Å²) in [7, 11) is 0. The Morgan fingerprint density at radius 3 is 2.89 bits per heavy atom. The topological polar surface area (TPSA) is 78.4 Å². The molecule has 1 aliphatic heterocycles. The summed E-state index contributed by atoms with van der Waals surface area (Å²) in [6, 6.07) is 4.16. The molecule has 1 amide bonds. The molecule has 6 nitrogen and oxygen atoms in total. The summed E-state index contributed by atoms with van der Waals surface area (Å²) >= 11 is 1.76. The Hall–Kier alpha value is -1.99. The second-order valence-electron chi connectivity index (χ2n) is 7.63. The van der Waals surface area contributed by atoms with E-state index >= 15 is 0 Å². The van der Waals surface area contributed by atoms with Crippen molar-refractivity contribution in [2.24, 2.45) is 11.8 Å². The first kappa shape index (κ1) is 18.4. The SMILES string of the molecule is O=C(CCCc1cccs1)N1C[C@H]2C[C@@H](Nc3cnccn3)[C@H](O)C[C@H]2C1. The standard InChI is InChI=1S/C20H26N4O2S/c25-18-10-15-13-24(20(26)5-1-3-16-4-2-8-27-16)12-14(15)9-17(18)23-19-11-21-6-7-22-19/h2,4,6-8,11,14-15,17-18,25H,1,3,5,9-10,12-13H2,(H,22,23)/t14-,15+,17-,18-/m1/s1. The number of carbonyl (C=O) groups excluding carboxylic acids is 1. The van der Waals surface area contributed by atoms with Gasteiger partial charge in [0.15, 0.2) is 0 Å². The number of aryl methyl sites for hydroxylation is 1. The van der Waals surface area contributed by atoms with Crippen molar-refractivity contribution in [2.45, 2.75) is 44.2 Å². The summed E-state index contributed by atoms with van der Waals surface area (Å²) < 4.78 is 0. The number of likely N-dealkylation sites (tertiary alicyclic amines) is 1. The lowest BCUT2D eigenvalue weighted by Gasteiger charge is -2.35. The summed E-state index contributed by atoms with van der Waals surface area (Å²) in [6.45, 7) is 1.60. The van der Waals surface area contributed by atoms with Crippen LogP contribution < -0.4 is 5.32 Å². The average Bonchev–Trinajstić information content (AvgIpc) is 3.32. The van der Waals surface area contributed by atoms with Crippen LogP contribution in [0, 0.1) is 11.8 Å². The Kier molecular flexibility index (Phi) is 5.69. The van der Waals surface area contributed by atoms with Gasteiger partial charge in [-0.3, -0.25) is 9.78 Å². The molecule has 0 aromatic carbocycles. The zero-order valence-corrected chi connectivity index (χ0v) is 16.1. The van der Waals surface area contributed by atoms with E-state index in [4.69, 9.17) is 0 Å². The van der Waals surface area contributed by atoms with E-state index in [1.54, 1.807) is 29.9 Å². The molecular formula is C20H26N4O2S. The number of thiophene rings is 1. The second-order valence-corrected chi connectivity index (χ2v) is 8.66. The van der Waals surface area contributed by atoms with Crippen LogP contribution in [-0.2, 0) is 11.2 Å². The third-order valence-electron chi connectivity index (χ3n) is 5.78. The van der Waals surface area contributed by atoms with Crippen molar-refractivity contribution in [3.05, 3.63) is 41.0 Å². The highest BCUT2D eigenvalue weighted by Crippen LogP contribution is 2.37. The minimum atomic E-state index is -0.415. The average molecular weight is 387 g/mol. The molecule has 0 unspecified atom stereocenters. The summed E-state index contributed by atoms with van der Waals surface area (Å²) in [5, 5.41) is 15.9. The fourth-order valence-electron chi connectivity index (χ4n) is 4.38. The predicted octanol–water partition coefficient (Wildman–Crippen LogP) is 2.57. The highest BCUT2D eigenvalue weighted by Gasteiger charge is 2.42. The lowest BCUT2D eigenvalue weighted by molar-refractivity contribution is -0.130. The van der Waals surface area contributed by atoms with Crippen molar-refractivity contribution in [1.29, 1.82) is 0 Å². The number of rotatable bonds is 6. The van der Waals surface area contributed by atoms with Gasteiger partial charge in [0.25, 0.3) is 0 Å². The van der Waals surface area contributed by atoms with Gasteiger partial charge in [0.05, 0.1) is 18.3 Å². The number of carbonyl (C=O) groups is 1. The number of hydrogen-bond donors (Lipinski definition) is 2. The van der Waals surface area contributed by atoms with Crippen LogP contribution in [-0.4, -0.2) is 51.1 Å². The molecule has 2 aliphatic rings. The van der Waals surface area contributed by atoms with Crippen LogP contribution in [0.25, 0.3) is 0 Å². The van der Waals surface area contributed by atoms with Crippen molar-refractivity contribution < 1.29 is 9.90 Å². The molecule has 2 N–H and O–H groups in total. The number of aliphatic hydroxyl groups is 1. The molecule has 1 aliphatic carbocycles. The predicted molar refractivity (Wildman–Crippen MR) is 106 cm³/mol. The molecule has 7 heteroatoms. The minimum absolute atomic E-state index is 0.0307. The Balaban J connectivity index is 1.28. The van der Waals surface area contributed by atoms with Crippen molar-refractivity contribution in [2.75, 3.05) is 18.4 Å². The fraction of sp³-hybridized carbons (Fsp3) is 0.550. The number of hydrogen-bond acceptors (Lipinski definition) is 6. The van der Waals surface area contributed by atoms with Gasteiger partial charge in [0.1, 0.15) is 5.82 Å². The van der Waals surface area contributed by atoms with Gasteiger partial charge in [-0.05, 0) is 49.0 Å². The number of nitrogens with one attached hydrogen (secondary N) is 1. The number of aromatic nitrogens is 2. The van der Waals surface area contributed by atoms with E-state index in [0.29, 0.717) is 24.1 Å². The van der Waals surface area contributed by atoms with Crippen LogP contribution in [0.4, 0.5) is 5.82 Å². The molecule has 0 spiro atoms. The fourth-order valence-corrected chi connectivity index (χ4v) is 5.13. The molecule has 27 heavy (non-hydrogen) atoms. The molecule has 4 rings (SSSR count). The molecule has 1 saturated heterocycles. The third kappa shape index (κ3) is 4.47. The molecule has 2 aromatic rings. The van der Waals surface area contributed by atoms with Crippen LogP contribution in [0.3, 0.4) is 0 Å². The van der Waals surface area contributed by atoms with Crippen molar-refractivity contribution in [1.82, 2.24) is 14.9 Å². The molecule has 4 atom stereocenters. The smallest absolute Gasteiger partial charge is 0.222 e. The Morgan fingerprint density at radius 2 is 2.15 bits per heavy atom. The van der Waals surface area contributed by atoms with Gasteiger partial charge < -0.3 is 15.3 Å². The molecule has 144 valence electrons. The number of aliphatic hydroxyl groups excluding tert-OH is 1. The lowest BCUT2D eigenvalue weighted by Crippen LogP contribution is -2.43. The van der Waals surface area contributed by atoms with Crippen LogP contribution in [0.5, 0.6) is 0 Å². The highest BCUT2D eigenvalue weighted by molar-refractivity contribution is 7.09. The summed E-state index contributed by atoms with van der Waals surface area (Å²) in [6.07, 6.45) is 8.64. The van der Waals surface area contributed by atoms with Crippen LogP contribution in [0.15, 0.2) is 36.1 Å². The summed E-state index contributed by atoms with van der Waals surface area (Å²) in [5.41, 5.74) is 0. The van der Waals surface area contributed by atoms with Crippen molar-refractivity contribution in [3.8, 4) is 0 Å². The van der Waals surface area contributed by atoms with E-state index < -0.39 is 6.10 Å². The first-order valence-corrected chi connectivity index (χ1v) is 10.6. The van der Waals surface area contributed by atoms with E-state index in [-0.39, 0.29) is 11.9 Å². The molecule has 2 fully saturated rings. The van der Waals surface area contributed by atoms with E-state index in [0.717, 1.165) is 38.8 Å². The van der Waals surface area contributed by atoms with Crippen molar-refractivity contribution >= 4 is 23.1 Å². The van der Waals surface area contributed by atoms with Crippen LogP contribution in [0.1, 0.15) is 30.6 Å². The summed E-state index contributed by atoms with van der Waals surface area (Å²) in [4.78, 5) is 24.3. The normalized spacial score (nSPS) is 27.4. The third-order valence-corrected chi connectivity index (χ3v) is 6.72. The Bertz CT molecular complexity index is 740. The Morgan fingerprint density at radius 1 is 1.30 bits per heavy atom. The Labute approximate surface area is 163 Å². The number of fused-ring (bicyclic) bond motifs is 1. The maximum atomic E-state index is 12.6. The first-order valence-electron chi connectivity index (χ1n) is 9.70. The molecule has 0 radical (unpaired) electrons. The maximum Gasteiger partial charge on any atom is 0.222 e. The highest BCUT2D eigenvalue weighted by atomic mass is 32.1. The number of nitrogens with zero attached hydrogens (tertiary/aromatic N) is 3. The van der Waals surface area contributed by atoms with Gasteiger partial charge in [-0.2, -0.15) is 0 Å². The minimum Gasteiger partial charge on any atom is -0.391 e. The lowest BCUT2D eigenvalue weighted by atomic mass is 9.77. The molecule has 3 heterocycles. The van der Waals surface area contributed by atoms with E-state index in [9.17, 15) is 9.90 Å². The molecule has 2 aromatic heterocycles. The van der Waals surface area contributed by atoms with E-state index in [2.05, 4.69) is 32.8 Å². The molecular weight excluding hydrogens is 360 g/mol. The summed E-state index contributed by atoms with van der Waals surface area (Å²) in [5.74, 6) is 1.80. The van der Waals surface area contributed by atoms with Gasteiger partial charge in [-0.15, -0.1) is 11.3 Å². The zero-order chi connectivity index (χ0) is 18.6. The van der Waals surface area contributed by atoms with Gasteiger partial charge >= 0.3 is 0 Å². The van der Waals surface area contributed by atoms with Gasteiger partial charge in [0, 0.05) is 36.8 Å². The number of anilines is 1. The van der Waals surface area contributed by atoms with E-state index in [1.165, 1.54) is 4.88 Å². The molecule has 1 saturated carbocycles. The maximum absolute atomic E-state index is 12.6. The molecule has 0 bridgehead atoms. The first-order chi connectivity index (χ1) is 13.2. The van der Waals surface area contributed by atoms with Gasteiger partial charge in [0.2, 0.25) is 5.91 Å². The van der Waals surface area contributed by atoms with Crippen LogP contribution in [0.2, 0.25) is 0 Å². The van der Waals surface area contributed by atoms with Gasteiger partial charge in [-0.1, -0.05) is 6.07 Å². The largest absolute Gasteiger partial charge is 0.391 e. The number of amides is 1. The second kappa shape index (κ2) is 8.35. The van der Waals surface area contributed by atoms with Crippen molar-refractivity contribution in [3.63, 3.8) is 0 Å². The monoisotopic (exact) mass is 386 g/mol. The zero-order valence-electron chi connectivity index (χ0n) is 15.3. The van der Waals surface area contributed by atoms with Crippen LogP contribution >= 0.6 is 11.3 Å². The quantitative estimate of drug-likeness (QED) is 0.798. The van der Waals surface area contributed by atoms with E-state index in [1.807, 2.05) is 4.90 Å².